The first kappa shape index (κ1) is 14.9. The second-order valence-electron chi connectivity index (χ2n) is 5.21. The maximum Gasteiger partial charge on any atom is 0.191 e. The van der Waals surface area contributed by atoms with Crippen LogP contribution in [-0.4, -0.2) is 19.0 Å². The molecule has 1 aliphatic rings. The van der Waals surface area contributed by atoms with E-state index in [0.717, 1.165) is 31.0 Å². The zero-order valence-corrected chi connectivity index (χ0v) is 12.8. The van der Waals surface area contributed by atoms with Crippen molar-refractivity contribution in [3.63, 3.8) is 0 Å². The molecule has 1 atom stereocenters. The van der Waals surface area contributed by atoms with Crippen molar-refractivity contribution < 1.29 is 4.39 Å². The second-order valence-corrected chi connectivity index (χ2v) is 5.62. The maximum atomic E-state index is 13.3. The van der Waals surface area contributed by atoms with Crippen LogP contribution in [0, 0.1) is 5.82 Å². The molecule has 0 spiro atoms. The summed E-state index contributed by atoms with van der Waals surface area (Å²) in [7, 11) is 0. The molecule has 5 heteroatoms. The Labute approximate surface area is 134 Å². The quantitative estimate of drug-likeness (QED) is 0.907. The Balaban J connectivity index is 1.87. The SMILES string of the molecule is Fc1ccc(C(Cc2ccccc2)NC2=NCCN2)c(Cl)c1. The molecule has 0 bridgehead atoms. The van der Waals surface area contributed by atoms with Gasteiger partial charge < -0.3 is 10.6 Å². The zero-order valence-electron chi connectivity index (χ0n) is 12.0. The lowest BCUT2D eigenvalue weighted by Crippen LogP contribution is -2.37. The monoisotopic (exact) mass is 317 g/mol. The van der Waals surface area contributed by atoms with Crippen LogP contribution in [-0.2, 0) is 6.42 Å². The number of rotatable bonds is 4. The molecule has 3 rings (SSSR count). The van der Waals surface area contributed by atoms with Gasteiger partial charge in [-0.05, 0) is 29.7 Å². The third-order valence-electron chi connectivity index (χ3n) is 3.61. The van der Waals surface area contributed by atoms with Crippen molar-refractivity contribution in [2.24, 2.45) is 4.99 Å². The van der Waals surface area contributed by atoms with E-state index in [2.05, 4.69) is 27.8 Å². The molecule has 22 heavy (non-hydrogen) atoms. The van der Waals surface area contributed by atoms with Gasteiger partial charge in [0.05, 0.1) is 12.6 Å². The molecule has 0 fully saturated rings. The van der Waals surface area contributed by atoms with Crippen LogP contribution < -0.4 is 10.6 Å². The van der Waals surface area contributed by atoms with Crippen molar-refractivity contribution in [3.8, 4) is 0 Å². The van der Waals surface area contributed by atoms with Gasteiger partial charge in [-0.3, -0.25) is 4.99 Å². The normalized spacial score (nSPS) is 15.1. The van der Waals surface area contributed by atoms with Crippen LogP contribution in [0.3, 0.4) is 0 Å². The fraction of sp³-hybridized carbons (Fsp3) is 0.235. The van der Waals surface area contributed by atoms with E-state index in [1.807, 2.05) is 18.2 Å². The van der Waals surface area contributed by atoms with Crippen molar-refractivity contribution in [3.05, 3.63) is 70.5 Å². The number of hydrogen-bond acceptors (Lipinski definition) is 3. The van der Waals surface area contributed by atoms with Crippen LogP contribution in [0.2, 0.25) is 5.02 Å². The van der Waals surface area contributed by atoms with Gasteiger partial charge in [0.2, 0.25) is 0 Å². The molecule has 0 saturated carbocycles. The van der Waals surface area contributed by atoms with Gasteiger partial charge in [-0.2, -0.15) is 0 Å². The van der Waals surface area contributed by atoms with Crippen LogP contribution in [0.15, 0.2) is 53.5 Å². The highest BCUT2D eigenvalue weighted by Crippen LogP contribution is 2.26. The van der Waals surface area contributed by atoms with E-state index in [0.29, 0.717) is 5.02 Å². The molecular formula is C17H17ClFN3. The van der Waals surface area contributed by atoms with Gasteiger partial charge in [-0.1, -0.05) is 48.0 Å². The summed E-state index contributed by atoms with van der Waals surface area (Å²) in [5.74, 6) is 0.435. The number of aliphatic imine (C=N–C) groups is 1. The summed E-state index contributed by atoms with van der Waals surface area (Å²) < 4.78 is 13.3. The number of halogens is 2. The lowest BCUT2D eigenvalue weighted by molar-refractivity contribution is 0.614. The minimum atomic E-state index is -0.330. The van der Waals surface area contributed by atoms with Crippen LogP contribution in [0.5, 0.6) is 0 Å². The van der Waals surface area contributed by atoms with Gasteiger partial charge in [0.1, 0.15) is 5.82 Å². The largest absolute Gasteiger partial charge is 0.355 e. The number of nitrogens with one attached hydrogen (secondary N) is 2. The molecule has 0 amide bonds. The summed E-state index contributed by atoms with van der Waals surface area (Å²) in [5.41, 5.74) is 2.04. The first-order valence-corrected chi connectivity index (χ1v) is 7.64. The third-order valence-corrected chi connectivity index (χ3v) is 3.93. The molecule has 1 aliphatic heterocycles. The van der Waals surface area contributed by atoms with Crippen molar-refractivity contribution in [1.82, 2.24) is 10.6 Å². The fourth-order valence-corrected chi connectivity index (χ4v) is 2.83. The summed E-state index contributed by atoms with van der Waals surface area (Å²) >= 11 is 6.24. The summed E-state index contributed by atoms with van der Waals surface area (Å²) in [6.07, 6.45) is 0.743. The zero-order chi connectivity index (χ0) is 15.4. The Kier molecular flexibility index (Phi) is 4.59. The molecule has 2 aromatic rings. The van der Waals surface area contributed by atoms with Crippen molar-refractivity contribution in [2.45, 2.75) is 12.5 Å². The van der Waals surface area contributed by atoms with Crippen LogP contribution >= 0.6 is 11.6 Å². The molecule has 2 N–H and O–H groups in total. The molecular weight excluding hydrogens is 301 g/mol. The van der Waals surface area contributed by atoms with Gasteiger partial charge in [-0.25, -0.2) is 4.39 Å². The fourth-order valence-electron chi connectivity index (χ4n) is 2.53. The Morgan fingerprint density at radius 2 is 2.05 bits per heavy atom. The van der Waals surface area contributed by atoms with E-state index in [1.165, 1.54) is 17.7 Å². The van der Waals surface area contributed by atoms with Crippen molar-refractivity contribution in [2.75, 3.05) is 13.1 Å². The highest BCUT2D eigenvalue weighted by Gasteiger charge is 2.18. The molecule has 0 saturated heterocycles. The number of benzene rings is 2. The molecule has 0 aliphatic carbocycles. The van der Waals surface area contributed by atoms with Gasteiger partial charge in [0, 0.05) is 11.6 Å². The second kappa shape index (κ2) is 6.79. The standard InChI is InChI=1S/C17H17ClFN3/c18-15-11-13(19)6-7-14(15)16(22-17-20-8-9-21-17)10-12-4-2-1-3-5-12/h1-7,11,16H,8-10H2,(H2,20,21,22). The number of nitrogens with zero attached hydrogens (tertiary/aromatic N) is 1. The molecule has 114 valence electrons. The first-order valence-electron chi connectivity index (χ1n) is 7.26. The molecule has 0 aromatic heterocycles. The predicted octanol–water partition coefficient (Wildman–Crippen LogP) is 3.31. The minimum absolute atomic E-state index is 0.0696. The molecule has 2 aromatic carbocycles. The van der Waals surface area contributed by atoms with Crippen molar-refractivity contribution in [1.29, 1.82) is 0 Å². The van der Waals surface area contributed by atoms with E-state index >= 15 is 0 Å². The lowest BCUT2D eigenvalue weighted by Gasteiger charge is -2.21. The summed E-state index contributed by atoms with van der Waals surface area (Å²) in [5, 5.41) is 6.99. The highest BCUT2D eigenvalue weighted by atomic mass is 35.5. The Hall–Kier alpha value is -2.07. The van der Waals surface area contributed by atoms with Gasteiger partial charge in [0.25, 0.3) is 0 Å². The average Bonchev–Trinajstić information content (AvgIpc) is 3.01. The smallest absolute Gasteiger partial charge is 0.191 e. The van der Waals surface area contributed by atoms with E-state index in [9.17, 15) is 4.39 Å². The summed E-state index contributed by atoms with van der Waals surface area (Å²) in [6.45, 7) is 1.59. The van der Waals surface area contributed by atoms with Gasteiger partial charge in [-0.15, -0.1) is 0 Å². The molecule has 3 nitrogen and oxygen atoms in total. The third kappa shape index (κ3) is 3.57. The molecule has 1 heterocycles. The molecule has 0 radical (unpaired) electrons. The Morgan fingerprint density at radius 1 is 1.23 bits per heavy atom. The van der Waals surface area contributed by atoms with E-state index in [-0.39, 0.29) is 11.9 Å². The van der Waals surface area contributed by atoms with E-state index in [1.54, 1.807) is 6.07 Å². The molecule has 1 unspecified atom stereocenters. The van der Waals surface area contributed by atoms with Crippen molar-refractivity contribution >= 4 is 17.6 Å². The van der Waals surface area contributed by atoms with Gasteiger partial charge in [0.15, 0.2) is 5.96 Å². The van der Waals surface area contributed by atoms with Gasteiger partial charge >= 0.3 is 0 Å². The maximum absolute atomic E-state index is 13.3. The summed E-state index contributed by atoms with van der Waals surface area (Å²) in [4.78, 5) is 4.37. The number of hydrogen-bond donors (Lipinski definition) is 2. The Bertz CT molecular complexity index is 673. The first-order chi connectivity index (χ1) is 10.7. The summed E-state index contributed by atoms with van der Waals surface area (Å²) in [6, 6.07) is 14.6. The Morgan fingerprint density at radius 3 is 2.73 bits per heavy atom. The van der Waals surface area contributed by atoms with Crippen LogP contribution in [0.4, 0.5) is 4.39 Å². The predicted molar refractivity (Wildman–Crippen MR) is 87.7 cm³/mol. The topological polar surface area (TPSA) is 36.4 Å². The minimum Gasteiger partial charge on any atom is -0.355 e. The highest BCUT2D eigenvalue weighted by molar-refractivity contribution is 6.31. The average molecular weight is 318 g/mol. The van der Waals surface area contributed by atoms with Crippen LogP contribution in [0.1, 0.15) is 17.2 Å². The van der Waals surface area contributed by atoms with Crippen LogP contribution in [0.25, 0.3) is 0 Å². The van der Waals surface area contributed by atoms with E-state index in [4.69, 9.17) is 11.6 Å². The lowest BCUT2D eigenvalue weighted by atomic mass is 9.99. The van der Waals surface area contributed by atoms with E-state index < -0.39 is 0 Å². The number of guanidine groups is 1.